The first-order valence-corrected chi connectivity index (χ1v) is 9.07. The molecule has 0 aromatic carbocycles. The third-order valence-electron chi connectivity index (χ3n) is 5.16. The van der Waals surface area contributed by atoms with Crippen LogP contribution in [0.15, 0.2) is 53.6 Å². The van der Waals surface area contributed by atoms with Gasteiger partial charge in [-0.2, -0.15) is 5.26 Å². The Labute approximate surface area is 162 Å². The van der Waals surface area contributed by atoms with Crippen LogP contribution in [0.25, 0.3) is 5.57 Å². The van der Waals surface area contributed by atoms with Gasteiger partial charge in [0.1, 0.15) is 5.76 Å². The van der Waals surface area contributed by atoms with Crippen molar-refractivity contribution < 1.29 is 9.32 Å². The Balaban J connectivity index is 1.70. The van der Waals surface area contributed by atoms with E-state index in [-0.39, 0.29) is 11.8 Å². The van der Waals surface area contributed by atoms with Gasteiger partial charge in [-0.3, -0.25) is 9.78 Å². The van der Waals surface area contributed by atoms with Gasteiger partial charge < -0.3 is 20.1 Å². The summed E-state index contributed by atoms with van der Waals surface area (Å²) in [5.41, 5.74) is 1.66. The molecule has 28 heavy (non-hydrogen) atoms. The topological polar surface area (TPSA) is 107 Å². The van der Waals surface area contributed by atoms with E-state index in [0.29, 0.717) is 25.3 Å². The molecule has 142 valence electrons. The number of aromatic nitrogens is 2. The first-order chi connectivity index (χ1) is 13.6. The molecule has 0 saturated carbocycles. The molecule has 2 aromatic heterocycles. The molecule has 2 aliphatic heterocycles. The van der Waals surface area contributed by atoms with Crippen molar-refractivity contribution in [1.82, 2.24) is 25.7 Å². The van der Waals surface area contributed by atoms with Crippen molar-refractivity contribution in [3.05, 3.63) is 66.0 Å². The standard InChI is InChI=1S/C20H20N6O2/c1-14-18(11-24-28-14)20(25-19(27)17-5-9-26(12-17)13-21)10-16(4-8-23-20)15-2-6-22-7-3-15/h2-4,6-8,10-11,17,23H,5,9,12H2,1H3,(H,25,27)/t17-,20?/m0/s1. The molecule has 8 nitrogen and oxygen atoms in total. The lowest BCUT2D eigenvalue weighted by Crippen LogP contribution is -2.55. The van der Waals surface area contributed by atoms with Crippen molar-refractivity contribution in [3.63, 3.8) is 0 Å². The van der Waals surface area contributed by atoms with E-state index < -0.39 is 5.66 Å². The summed E-state index contributed by atoms with van der Waals surface area (Å²) in [5.74, 6) is 0.243. The molecule has 0 spiro atoms. The maximum atomic E-state index is 13.0. The van der Waals surface area contributed by atoms with Gasteiger partial charge in [-0.25, -0.2) is 0 Å². The number of hydrogen-bond acceptors (Lipinski definition) is 7. The first-order valence-electron chi connectivity index (χ1n) is 9.07. The highest BCUT2D eigenvalue weighted by Crippen LogP contribution is 2.31. The molecule has 1 fully saturated rings. The number of allylic oxidation sites excluding steroid dienone is 2. The van der Waals surface area contributed by atoms with E-state index in [1.807, 2.05) is 31.2 Å². The fraction of sp³-hybridized carbons (Fsp3) is 0.300. The molecule has 2 aromatic rings. The van der Waals surface area contributed by atoms with E-state index in [9.17, 15) is 4.79 Å². The number of rotatable bonds is 4. The van der Waals surface area contributed by atoms with Gasteiger partial charge in [0.25, 0.3) is 0 Å². The van der Waals surface area contributed by atoms with Crippen LogP contribution < -0.4 is 10.6 Å². The SMILES string of the molecule is Cc1oncc1C1(NC(=O)[C@H]2CCN(C#N)C2)C=C(c2ccncc2)C=CN1. The van der Waals surface area contributed by atoms with Gasteiger partial charge in [-0.1, -0.05) is 5.16 Å². The normalized spacial score (nSPS) is 23.6. The van der Waals surface area contributed by atoms with Crippen LogP contribution in [0.3, 0.4) is 0 Å². The number of hydrogen-bond donors (Lipinski definition) is 2. The number of nitrogens with one attached hydrogen (secondary N) is 2. The van der Waals surface area contributed by atoms with Gasteiger partial charge in [-0.05, 0) is 55.0 Å². The van der Waals surface area contributed by atoms with Crippen molar-refractivity contribution in [2.75, 3.05) is 13.1 Å². The highest BCUT2D eigenvalue weighted by molar-refractivity contribution is 5.83. The monoisotopic (exact) mass is 376 g/mol. The van der Waals surface area contributed by atoms with Gasteiger partial charge in [0.2, 0.25) is 5.91 Å². The summed E-state index contributed by atoms with van der Waals surface area (Å²) in [5, 5.41) is 19.4. The summed E-state index contributed by atoms with van der Waals surface area (Å²) in [7, 11) is 0. The third kappa shape index (κ3) is 3.22. The van der Waals surface area contributed by atoms with E-state index in [1.165, 1.54) is 0 Å². The van der Waals surface area contributed by atoms with Gasteiger partial charge >= 0.3 is 0 Å². The molecule has 2 atom stereocenters. The Bertz CT molecular complexity index is 974. The number of amides is 1. The summed E-state index contributed by atoms with van der Waals surface area (Å²) in [6.07, 6.45) is 13.5. The number of aryl methyl sites for hydroxylation is 1. The largest absolute Gasteiger partial charge is 0.362 e. The third-order valence-corrected chi connectivity index (χ3v) is 5.16. The first kappa shape index (κ1) is 17.8. The Hall–Kier alpha value is -3.60. The molecule has 4 rings (SSSR count). The molecule has 1 saturated heterocycles. The van der Waals surface area contributed by atoms with Gasteiger partial charge in [0, 0.05) is 25.5 Å². The number of carbonyl (C=O) groups excluding carboxylic acids is 1. The summed E-state index contributed by atoms with van der Waals surface area (Å²) in [6, 6.07) is 3.83. The summed E-state index contributed by atoms with van der Waals surface area (Å²) in [4.78, 5) is 18.7. The molecule has 0 aliphatic carbocycles. The van der Waals surface area contributed by atoms with Crippen molar-refractivity contribution >= 4 is 11.5 Å². The summed E-state index contributed by atoms with van der Waals surface area (Å²) >= 11 is 0. The van der Waals surface area contributed by atoms with Crippen LogP contribution >= 0.6 is 0 Å². The maximum Gasteiger partial charge on any atom is 0.227 e. The molecule has 4 heterocycles. The molecule has 2 aliphatic rings. The predicted octanol–water partition coefficient (Wildman–Crippen LogP) is 1.65. The lowest BCUT2D eigenvalue weighted by atomic mass is 9.91. The quantitative estimate of drug-likeness (QED) is 0.781. The fourth-order valence-corrected chi connectivity index (χ4v) is 3.64. The second-order valence-corrected chi connectivity index (χ2v) is 6.94. The molecule has 2 N–H and O–H groups in total. The fourth-order valence-electron chi connectivity index (χ4n) is 3.64. The lowest BCUT2D eigenvalue weighted by Gasteiger charge is -2.35. The molecular weight excluding hydrogens is 356 g/mol. The van der Waals surface area contributed by atoms with E-state index >= 15 is 0 Å². The molecule has 1 amide bonds. The minimum atomic E-state index is -0.991. The van der Waals surface area contributed by atoms with Gasteiger partial charge in [0.15, 0.2) is 11.9 Å². The van der Waals surface area contributed by atoms with E-state index in [0.717, 1.165) is 16.7 Å². The molecule has 1 unspecified atom stereocenters. The minimum Gasteiger partial charge on any atom is -0.362 e. The predicted molar refractivity (Wildman–Crippen MR) is 101 cm³/mol. The van der Waals surface area contributed by atoms with Crippen LogP contribution in [0, 0.1) is 24.3 Å². The van der Waals surface area contributed by atoms with Crippen LogP contribution in [0.2, 0.25) is 0 Å². The average molecular weight is 376 g/mol. The van der Waals surface area contributed by atoms with Gasteiger partial charge in [-0.15, -0.1) is 0 Å². The molecular formula is C20H20N6O2. The number of dihydropyridines is 1. The van der Waals surface area contributed by atoms with Crippen molar-refractivity contribution in [2.45, 2.75) is 19.0 Å². The maximum absolute atomic E-state index is 13.0. The van der Waals surface area contributed by atoms with Crippen molar-refractivity contribution in [2.24, 2.45) is 5.92 Å². The Kier molecular flexibility index (Phi) is 4.57. The van der Waals surface area contributed by atoms with E-state index in [1.54, 1.807) is 29.7 Å². The van der Waals surface area contributed by atoms with Crippen molar-refractivity contribution in [1.29, 1.82) is 5.26 Å². The van der Waals surface area contributed by atoms with Crippen LogP contribution in [0.5, 0.6) is 0 Å². The molecule has 0 radical (unpaired) electrons. The Morgan fingerprint density at radius 1 is 1.46 bits per heavy atom. The smallest absolute Gasteiger partial charge is 0.227 e. The highest BCUT2D eigenvalue weighted by atomic mass is 16.5. The summed E-state index contributed by atoms with van der Waals surface area (Å²) < 4.78 is 5.27. The number of carbonyl (C=O) groups is 1. The zero-order valence-corrected chi connectivity index (χ0v) is 15.4. The zero-order valence-electron chi connectivity index (χ0n) is 15.4. The number of likely N-dealkylation sites (tertiary alicyclic amines) is 1. The lowest BCUT2D eigenvalue weighted by molar-refractivity contribution is -0.126. The Morgan fingerprint density at radius 3 is 2.96 bits per heavy atom. The number of pyridine rings is 1. The second kappa shape index (κ2) is 7.19. The number of nitrogens with zero attached hydrogens (tertiary/aromatic N) is 4. The van der Waals surface area contributed by atoms with E-state index in [4.69, 9.17) is 9.78 Å². The molecule has 0 bridgehead atoms. The second-order valence-electron chi connectivity index (χ2n) is 6.94. The average Bonchev–Trinajstić information content (AvgIpc) is 3.38. The minimum absolute atomic E-state index is 0.119. The van der Waals surface area contributed by atoms with Crippen LogP contribution in [-0.4, -0.2) is 34.0 Å². The number of nitriles is 1. The molecule has 8 heteroatoms. The zero-order chi connectivity index (χ0) is 19.6. The van der Waals surface area contributed by atoms with Gasteiger partial charge in [0.05, 0.1) is 17.7 Å². The van der Waals surface area contributed by atoms with Crippen LogP contribution in [-0.2, 0) is 10.5 Å². The summed E-state index contributed by atoms with van der Waals surface area (Å²) in [6.45, 7) is 2.83. The van der Waals surface area contributed by atoms with Crippen LogP contribution in [0.1, 0.15) is 23.3 Å². The highest BCUT2D eigenvalue weighted by Gasteiger charge is 2.39. The van der Waals surface area contributed by atoms with E-state index in [2.05, 4.69) is 27.0 Å². The Morgan fingerprint density at radius 2 is 2.29 bits per heavy atom. The van der Waals surface area contributed by atoms with Crippen LogP contribution in [0.4, 0.5) is 0 Å². The van der Waals surface area contributed by atoms with Crippen molar-refractivity contribution in [3.8, 4) is 6.19 Å².